The molecular weight excluding hydrogens is 861 g/mol. The molecule has 1 aliphatic rings. The zero-order valence-electron chi connectivity index (χ0n) is 41.8. The van der Waals surface area contributed by atoms with Crippen molar-refractivity contribution < 1.29 is 56.8 Å². The van der Waals surface area contributed by atoms with Crippen LogP contribution >= 0.6 is 0 Å². The molecule has 66 heavy (non-hydrogen) atoms. The van der Waals surface area contributed by atoms with Gasteiger partial charge in [0.05, 0.1) is 6.61 Å². The van der Waals surface area contributed by atoms with Crippen molar-refractivity contribution >= 4 is 22.1 Å². The topological polar surface area (TPSA) is 186 Å². The number of carbonyl (C=O) groups is 2. The summed E-state index contributed by atoms with van der Waals surface area (Å²) < 4.78 is 54.3. The minimum Gasteiger partial charge on any atom is -0.462 e. The Labute approximate surface area is 402 Å². The molecule has 0 aromatic carbocycles. The minimum atomic E-state index is -4.60. The van der Waals surface area contributed by atoms with Gasteiger partial charge in [0.1, 0.15) is 36.8 Å². The summed E-state index contributed by atoms with van der Waals surface area (Å²) in [6, 6.07) is 0. The van der Waals surface area contributed by atoms with Gasteiger partial charge in [-0.05, 0) is 44.9 Å². The zero-order valence-corrected chi connectivity index (χ0v) is 42.6. The summed E-state index contributed by atoms with van der Waals surface area (Å²) in [5, 5.41) is 31.0. The van der Waals surface area contributed by atoms with Crippen LogP contribution in [0.4, 0.5) is 0 Å². The molecule has 0 aromatic rings. The highest BCUT2D eigenvalue weighted by Crippen LogP contribution is 2.24. The molecule has 6 unspecified atom stereocenters. The van der Waals surface area contributed by atoms with Gasteiger partial charge < -0.3 is 34.3 Å². The van der Waals surface area contributed by atoms with Gasteiger partial charge in [-0.25, -0.2) is 0 Å². The van der Waals surface area contributed by atoms with Crippen LogP contribution in [0.15, 0.2) is 24.3 Å². The summed E-state index contributed by atoms with van der Waals surface area (Å²) in [5.74, 6) is -1.98. The van der Waals surface area contributed by atoms with E-state index in [9.17, 15) is 37.9 Å². The second kappa shape index (κ2) is 43.2. The quantitative estimate of drug-likeness (QED) is 0.0196. The molecule has 0 aromatic heterocycles. The first kappa shape index (κ1) is 62.1. The van der Waals surface area contributed by atoms with E-state index in [4.69, 9.17) is 18.9 Å². The molecule has 6 atom stereocenters. The van der Waals surface area contributed by atoms with Crippen molar-refractivity contribution in [2.45, 2.75) is 282 Å². The second-order valence-corrected chi connectivity index (χ2v) is 20.4. The van der Waals surface area contributed by atoms with Gasteiger partial charge in [-0.15, -0.1) is 0 Å². The van der Waals surface area contributed by atoms with Crippen molar-refractivity contribution in [2.75, 3.05) is 19.0 Å². The van der Waals surface area contributed by atoms with Crippen molar-refractivity contribution in [3.05, 3.63) is 24.3 Å². The van der Waals surface area contributed by atoms with Crippen molar-refractivity contribution in [1.82, 2.24) is 0 Å². The van der Waals surface area contributed by atoms with Gasteiger partial charge in [0, 0.05) is 12.8 Å². The molecule has 0 bridgehead atoms. The van der Waals surface area contributed by atoms with Gasteiger partial charge in [0.15, 0.2) is 12.4 Å². The molecule has 0 amide bonds. The standard InChI is InChI=1S/C53H98O12S/c1-3-5-7-9-11-13-15-17-19-21-22-23-24-26-27-29-31-33-35-37-39-41-48(54)62-43-46(44-63-53-52(58)51(57)50(56)47(65-53)45-66(59,60)61)64-49(55)42-40-38-36-34-32-30-28-25-20-18-16-14-12-10-8-6-4-2/h12,14,18,20,46-47,50-53,56-58H,3-11,13,15-17,19,21-45H2,1-2H3,(H,59,60,61)/b14-12-,20-18-. The fourth-order valence-corrected chi connectivity index (χ4v) is 9.05. The van der Waals surface area contributed by atoms with Crippen LogP contribution in [-0.4, -0.2) is 96.0 Å². The van der Waals surface area contributed by atoms with E-state index < -0.39 is 71.2 Å². The number of carbonyl (C=O) groups excluding carboxylic acids is 2. The highest BCUT2D eigenvalue weighted by molar-refractivity contribution is 7.85. The lowest BCUT2D eigenvalue weighted by atomic mass is 10.00. The van der Waals surface area contributed by atoms with E-state index in [-0.39, 0.29) is 19.4 Å². The van der Waals surface area contributed by atoms with Crippen LogP contribution in [0.1, 0.15) is 245 Å². The van der Waals surface area contributed by atoms with E-state index >= 15 is 0 Å². The predicted molar refractivity (Wildman–Crippen MR) is 266 cm³/mol. The lowest BCUT2D eigenvalue weighted by Gasteiger charge is -2.40. The maximum absolute atomic E-state index is 12.9. The Hall–Kier alpha value is -1.87. The maximum Gasteiger partial charge on any atom is 0.306 e. The Morgan fingerprint density at radius 1 is 0.515 bits per heavy atom. The third-order valence-electron chi connectivity index (χ3n) is 12.5. The molecule has 0 radical (unpaired) electrons. The van der Waals surface area contributed by atoms with Gasteiger partial charge in [-0.1, -0.05) is 212 Å². The molecule has 0 aliphatic carbocycles. The fourth-order valence-electron chi connectivity index (χ4n) is 8.36. The van der Waals surface area contributed by atoms with Gasteiger partial charge in [0.2, 0.25) is 0 Å². The van der Waals surface area contributed by atoms with Crippen LogP contribution in [0.2, 0.25) is 0 Å². The third-order valence-corrected chi connectivity index (χ3v) is 13.3. The Bertz CT molecular complexity index is 1310. The SMILES string of the molecule is CCCCC/C=C\C/C=C\CCCCCCCCCC(=O)OC(COC(=O)CCCCCCCCCCCCCCCCCCCCCCC)COC1OC(CS(=O)(=O)O)C(O)C(O)C1O. The summed E-state index contributed by atoms with van der Waals surface area (Å²) in [4.78, 5) is 25.6. The summed E-state index contributed by atoms with van der Waals surface area (Å²) in [7, 11) is -4.60. The first-order valence-corrected chi connectivity index (χ1v) is 28.5. The highest BCUT2D eigenvalue weighted by atomic mass is 32.2. The number of hydrogen-bond donors (Lipinski definition) is 4. The number of hydrogen-bond acceptors (Lipinski definition) is 11. The van der Waals surface area contributed by atoms with Gasteiger partial charge in [-0.3, -0.25) is 14.1 Å². The lowest BCUT2D eigenvalue weighted by Crippen LogP contribution is -2.60. The molecule has 12 nitrogen and oxygen atoms in total. The Morgan fingerprint density at radius 3 is 1.36 bits per heavy atom. The summed E-state index contributed by atoms with van der Waals surface area (Å²) in [6.45, 7) is 3.77. The molecule has 0 saturated carbocycles. The summed E-state index contributed by atoms with van der Waals surface area (Å²) in [6.07, 6.45) is 40.7. The molecule has 1 aliphatic heterocycles. The first-order valence-electron chi connectivity index (χ1n) is 26.9. The largest absolute Gasteiger partial charge is 0.462 e. The first-order chi connectivity index (χ1) is 32.0. The Kier molecular flexibility index (Phi) is 40.7. The lowest BCUT2D eigenvalue weighted by molar-refractivity contribution is -0.297. The molecule has 4 N–H and O–H groups in total. The average molecular weight is 959 g/mol. The van der Waals surface area contributed by atoms with E-state index in [1.165, 1.54) is 148 Å². The second-order valence-electron chi connectivity index (χ2n) is 18.9. The van der Waals surface area contributed by atoms with E-state index in [0.29, 0.717) is 12.8 Å². The highest BCUT2D eigenvalue weighted by Gasteiger charge is 2.46. The predicted octanol–water partition coefficient (Wildman–Crippen LogP) is 12.3. The van der Waals surface area contributed by atoms with Crippen LogP contribution in [0, 0.1) is 0 Å². The zero-order chi connectivity index (χ0) is 48.4. The van der Waals surface area contributed by atoms with Crippen LogP contribution in [0.25, 0.3) is 0 Å². The average Bonchev–Trinajstić information content (AvgIpc) is 3.28. The molecule has 0 spiro atoms. The van der Waals surface area contributed by atoms with Crippen molar-refractivity contribution in [3.63, 3.8) is 0 Å². The summed E-state index contributed by atoms with van der Waals surface area (Å²) >= 11 is 0. The van der Waals surface area contributed by atoms with Crippen LogP contribution in [0.5, 0.6) is 0 Å². The molecule has 1 saturated heterocycles. The normalized spacial score (nSPS) is 19.5. The number of unbranched alkanes of at least 4 members (excludes halogenated alkanes) is 30. The molecular formula is C53H98O12S. The Balaban J connectivity index is 2.34. The van der Waals surface area contributed by atoms with Gasteiger partial charge in [-0.2, -0.15) is 8.42 Å². The number of aliphatic hydroxyl groups excluding tert-OH is 3. The number of ether oxygens (including phenoxy) is 4. The van der Waals surface area contributed by atoms with E-state index in [2.05, 4.69) is 38.2 Å². The van der Waals surface area contributed by atoms with Crippen molar-refractivity contribution in [1.29, 1.82) is 0 Å². The van der Waals surface area contributed by atoms with E-state index in [1.54, 1.807) is 0 Å². The minimum absolute atomic E-state index is 0.158. The molecule has 1 fully saturated rings. The molecule has 13 heteroatoms. The number of allylic oxidation sites excluding steroid dienone is 4. The third kappa shape index (κ3) is 37.1. The van der Waals surface area contributed by atoms with Crippen LogP contribution in [-0.2, 0) is 38.7 Å². The van der Waals surface area contributed by atoms with Gasteiger partial charge >= 0.3 is 11.9 Å². The fraction of sp³-hybridized carbons (Fsp3) is 0.887. The van der Waals surface area contributed by atoms with E-state index in [1.807, 2.05) is 0 Å². The monoisotopic (exact) mass is 959 g/mol. The number of esters is 2. The summed E-state index contributed by atoms with van der Waals surface area (Å²) in [5.41, 5.74) is 0. The molecule has 1 heterocycles. The van der Waals surface area contributed by atoms with E-state index in [0.717, 1.165) is 57.8 Å². The van der Waals surface area contributed by atoms with Crippen LogP contribution in [0.3, 0.4) is 0 Å². The number of rotatable bonds is 46. The maximum atomic E-state index is 12.9. The Morgan fingerprint density at radius 2 is 0.909 bits per heavy atom. The van der Waals surface area contributed by atoms with Crippen molar-refractivity contribution in [2.24, 2.45) is 0 Å². The number of aliphatic hydroxyl groups is 3. The van der Waals surface area contributed by atoms with Gasteiger partial charge in [0.25, 0.3) is 10.1 Å². The van der Waals surface area contributed by atoms with Crippen molar-refractivity contribution in [3.8, 4) is 0 Å². The smallest absolute Gasteiger partial charge is 0.306 e. The molecule has 388 valence electrons. The molecule has 1 rings (SSSR count). The van der Waals surface area contributed by atoms with Crippen LogP contribution < -0.4 is 0 Å².